The van der Waals surface area contributed by atoms with Crippen LogP contribution < -0.4 is 16.2 Å². The van der Waals surface area contributed by atoms with Gasteiger partial charge in [0, 0.05) is 32.2 Å². The van der Waals surface area contributed by atoms with E-state index in [0.717, 1.165) is 24.0 Å². The number of imidazole rings is 1. The van der Waals surface area contributed by atoms with Gasteiger partial charge in [0.1, 0.15) is 5.52 Å². The second-order valence-corrected chi connectivity index (χ2v) is 14.0. The number of aliphatic carboxylic acids is 1. The van der Waals surface area contributed by atoms with Gasteiger partial charge in [0.05, 0.1) is 44.6 Å². The summed E-state index contributed by atoms with van der Waals surface area (Å²) < 4.78 is 36.2. The van der Waals surface area contributed by atoms with Crippen LogP contribution in [0.25, 0.3) is 11.2 Å². The molecule has 1 amide bonds. The van der Waals surface area contributed by atoms with Crippen molar-refractivity contribution in [2.24, 2.45) is 0 Å². The molecule has 3 aromatic rings. The summed E-state index contributed by atoms with van der Waals surface area (Å²) in [7, 11) is -1.97. The number of aromatic nitrogens is 4. The summed E-state index contributed by atoms with van der Waals surface area (Å²) in [4.78, 5) is 64.3. The number of nitrogens with one attached hydrogen (secondary N) is 1. The summed E-state index contributed by atoms with van der Waals surface area (Å²) in [5.74, 6) is -1.84. The standard InChI is InChI=1S/C31H43N7O9S/c1-3-4-15-47-30-34-28(32)27-29(35-30)38(31(43)33-27)13-5-12-37(18-22-8-6-21(7-9-22)17-26(42)46-2)24(39)19-36(14-10-25(40)41)23-11-16-48(44,45)20-23/h6-9,23H,3-5,10-20H2,1-2H3,(H,33,43)(H,40,41)(H2,32,34,35). The minimum absolute atomic E-state index is 0.0180. The van der Waals surface area contributed by atoms with Gasteiger partial charge in [-0.1, -0.05) is 37.6 Å². The molecule has 4 rings (SSSR count). The summed E-state index contributed by atoms with van der Waals surface area (Å²) in [5.41, 5.74) is 7.70. The topological polar surface area (TPSA) is 220 Å². The number of nitrogen functional groups attached to an aromatic ring is 1. The molecule has 4 N–H and O–H groups in total. The first-order valence-electron chi connectivity index (χ1n) is 15.9. The van der Waals surface area contributed by atoms with Crippen LogP contribution in [0.5, 0.6) is 6.01 Å². The Hall–Kier alpha value is -4.51. The van der Waals surface area contributed by atoms with E-state index >= 15 is 0 Å². The lowest BCUT2D eigenvalue weighted by Crippen LogP contribution is -2.46. The largest absolute Gasteiger partial charge is 0.481 e. The normalized spacial score (nSPS) is 15.5. The number of aromatic amines is 1. The predicted molar refractivity (Wildman–Crippen MR) is 176 cm³/mol. The van der Waals surface area contributed by atoms with Crippen LogP contribution in [0.15, 0.2) is 29.1 Å². The Morgan fingerprint density at radius 3 is 2.50 bits per heavy atom. The summed E-state index contributed by atoms with van der Waals surface area (Å²) in [6.07, 6.45) is 2.21. The summed E-state index contributed by atoms with van der Waals surface area (Å²) >= 11 is 0. The molecule has 17 heteroatoms. The second kappa shape index (κ2) is 16.5. The quantitative estimate of drug-likeness (QED) is 0.125. The highest BCUT2D eigenvalue weighted by molar-refractivity contribution is 7.91. The monoisotopic (exact) mass is 689 g/mol. The van der Waals surface area contributed by atoms with Gasteiger partial charge in [0.2, 0.25) is 5.91 Å². The van der Waals surface area contributed by atoms with Gasteiger partial charge in [-0.2, -0.15) is 9.97 Å². The first-order chi connectivity index (χ1) is 22.9. The Bertz CT molecular complexity index is 1760. The van der Waals surface area contributed by atoms with Crippen LogP contribution in [-0.2, 0) is 48.5 Å². The van der Waals surface area contributed by atoms with Gasteiger partial charge in [-0.15, -0.1) is 0 Å². The zero-order valence-electron chi connectivity index (χ0n) is 27.2. The first kappa shape index (κ1) is 36.3. The fourth-order valence-electron chi connectivity index (χ4n) is 5.51. The number of nitrogens with zero attached hydrogens (tertiary/aromatic N) is 5. The number of benzene rings is 1. The number of esters is 1. The molecule has 2 aromatic heterocycles. The third kappa shape index (κ3) is 10.00. The predicted octanol–water partition coefficient (Wildman–Crippen LogP) is 0.979. The number of hydrogen-bond donors (Lipinski definition) is 3. The maximum Gasteiger partial charge on any atom is 0.327 e. The number of carboxylic acid groups (broad SMARTS) is 1. The highest BCUT2D eigenvalue weighted by Gasteiger charge is 2.34. The molecule has 1 unspecified atom stereocenters. The molecule has 1 atom stereocenters. The van der Waals surface area contributed by atoms with Gasteiger partial charge >= 0.3 is 23.6 Å². The number of sulfone groups is 1. The number of hydrogen-bond acceptors (Lipinski definition) is 12. The molecular weight excluding hydrogens is 646 g/mol. The lowest BCUT2D eigenvalue weighted by molar-refractivity contribution is -0.140. The van der Waals surface area contributed by atoms with Crippen molar-refractivity contribution in [2.45, 2.75) is 64.6 Å². The van der Waals surface area contributed by atoms with Gasteiger partial charge < -0.3 is 30.2 Å². The van der Waals surface area contributed by atoms with Crippen LogP contribution in [0, 0.1) is 0 Å². The molecule has 1 saturated heterocycles. The second-order valence-electron chi connectivity index (χ2n) is 11.8. The number of carboxylic acids is 1. The smallest absolute Gasteiger partial charge is 0.327 e. The number of anilines is 1. The fraction of sp³-hybridized carbons (Fsp3) is 0.548. The van der Waals surface area contributed by atoms with Crippen molar-refractivity contribution in [3.63, 3.8) is 0 Å². The minimum atomic E-state index is -3.28. The van der Waals surface area contributed by atoms with Crippen LogP contribution in [0.3, 0.4) is 0 Å². The van der Waals surface area contributed by atoms with Gasteiger partial charge in [0.25, 0.3) is 0 Å². The van der Waals surface area contributed by atoms with Crippen LogP contribution >= 0.6 is 0 Å². The number of H-pyrrole nitrogens is 1. The van der Waals surface area contributed by atoms with Crippen molar-refractivity contribution in [1.82, 2.24) is 29.3 Å². The number of methoxy groups -OCH3 is 1. The maximum atomic E-state index is 13.9. The van der Waals surface area contributed by atoms with Crippen molar-refractivity contribution in [3.8, 4) is 6.01 Å². The minimum Gasteiger partial charge on any atom is -0.481 e. The van der Waals surface area contributed by atoms with E-state index in [2.05, 4.69) is 15.0 Å². The molecular formula is C31H43N7O9S. The van der Waals surface area contributed by atoms with Crippen LogP contribution in [0.2, 0.25) is 0 Å². The average molecular weight is 690 g/mol. The van der Waals surface area contributed by atoms with Gasteiger partial charge in [-0.25, -0.2) is 13.2 Å². The Morgan fingerprint density at radius 1 is 1.12 bits per heavy atom. The zero-order chi connectivity index (χ0) is 34.8. The van der Waals surface area contributed by atoms with E-state index in [1.165, 1.54) is 11.7 Å². The third-order valence-corrected chi connectivity index (χ3v) is 9.92. The van der Waals surface area contributed by atoms with E-state index in [4.69, 9.17) is 15.2 Å². The molecule has 0 aliphatic carbocycles. The average Bonchev–Trinajstić information content (AvgIpc) is 3.57. The van der Waals surface area contributed by atoms with Gasteiger partial charge in [-0.3, -0.25) is 23.9 Å². The molecule has 48 heavy (non-hydrogen) atoms. The fourth-order valence-corrected chi connectivity index (χ4v) is 7.27. The number of ether oxygens (including phenoxy) is 2. The summed E-state index contributed by atoms with van der Waals surface area (Å²) in [5, 5.41) is 9.31. The lowest BCUT2D eigenvalue weighted by Gasteiger charge is -2.30. The van der Waals surface area contributed by atoms with Crippen molar-refractivity contribution in [2.75, 3.05) is 50.6 Å². The van der Waals surface area contributed by atoms with Crippen LogP contribution in [-0.4, -0.2) is 112 Å². The molecule has 1 fully saturated rings. The maximum absolute atomic E-state index is 13.9. The van der Waals surface area contributed by atoms with Crippen molar-refractivity contribution < 1.29 is 37.4 Å². The molecule has 1 aromatic carbocycles. The third-order valence-electron chi connectivity index (χ3n) is 8.17. The summed E-state index contributed by atoms with van der Waals surface area (Å²) in [6.45, 7) is 2.82. The molecule has 0 radical (unpaired) electrons. The highest BCUT2D eigenvalue weighted by Crippen LogP contribution is 2.20. The number of carbonyl (C=O) groups excluding carboxylic acids is 2. The number of unbranched alkanes of at least 4 members (excludes halogenated alkanes) is 1. The zero-order valence-corrected chi connectivity index (χ0v) is 28.0. The SMILES string of the molecule is CCCCOc1nc(N)c2[nH]c(=O)n(CCCN(Cc3ccc(CC(=O)OC)cc3)C(=O)CN(CCC(=O)O)C3CCS(=O)(=O)C3)c2n1. The molecule has 0 bridgehead atoms. The number of carbonyl (C=O) groups is 3. The number of fused-ring (bicyclic) bond motifs is 1. The highest BCUT2D eigenvalue weighted by atomic mass is 32.2. The van der Waals surface area contributed by atoms with Crippen LogP contribution in [0.1, 0.15) is 50.2 Å². The molecule has 0 spiro atoms. The molecule has 262 valence electrons. The number of rotatable bonds is 18. The van der Waals surface area contributed by atoms with E-state index in [1.54, 1.807) is 34.1 Å². The number of aryl methyl sites for hydroxylation is 1. The Labute approximate surface area is 278 Å². The lowest BCUT2D eigenvalue weighted by atomic mass is 10.1. The number of nitrogens with two attached hydrogens (primary N) is 1. The van der Waals surface area contributed by atoms with E-state index in [1.807, 2.05) is 6.92 Å². The van der Waals surface area contributed by atoms with E-state index in [9.17, 15) is 32.7 Å². The van der Waals surface area contributed by atoms with Crippen molar-refractivity contribution in [1.29, 1.82) is 0 Å². The molecule has 1 aliphatic rings. The van der Waals surface area contributed by atoms with E-state index in [-0.39, 0.29) is 91.9 Å². The van der Waals surface area contributed by atoms with E-state index in [0.29, 0.717) is 19.4 Å². The Kier molecular flexibility index (Phi) is 12.5. The van der Waals surface area contributed by atoms with E-state index < -0.39 is 27.5 Å². The Morgan fingerprint density at radius 2 is 1.85 bits per heavy atom. The first-order valence-corrected chi connectivity index (χ1v) is 17.7. The molecule has 0 saturated carbocycles. The van der Waals surface area contributed by atoms with Crippen LogP contribution in [0.4, 0.5) is 5.82 Å². The molecule has 16 nitrogen and oxygen atoms in total. The molecule has 3 heterocycles. The number of amides is 1. The van der Waals surface area contributed by atoms with Gasteiger partial charge in [-0.05, 0) is 30.4 Å². The van der Waals surface area contributed by atoms with Gasteiger partial charge in [0.15, 0.2) is 21.3 Å². The Balaban J connectivity index is 1.54. The van der Waals surface area contributed by atoms with Crippen molar-refractivity contribution >= 4 is 44.7 Å². The van der Waals surface area contributed by atoms with Crippen molar-refractivity contribution in [3.05, 3.63) is 45.9 Å². The summed E-state index contributed by atoms with van der Waals surface area (Å²) in [6, 6.07) is 6.73. The molecule has 1 aliphatic heterocycles.